The minimum atomic E-state index is -2.94. The fraction of sp³-hybridized carbons (Fsp3) is 0.917. The van der Waals surface area contributed by atoms with Crippen molar-refractivity contribution in [2.24, 2.45) is 0 Å². The van der Waals surface area contributed by atoms with E-state index in [9.17, 15) is 13.2 Å². The molecule has 2 atom stereocenters. The molecule has 19 heavy (non-hydrogen) atoms. The molecule has 0 saturated carbocycles. The maximum atomic E-state index is 12.2. The van der Waals surface area contributed by atoms with E-state index in [1.165, 1.54) is 0 Å². The molecule has 6 nitrogen and oxygen atoms in total. The Bertz CT molecular complexity index is 438. The fourth-order valence-corrected chi connectivity index (χ4v) is 4.46. The Morgan fingerprint density at radius 2 is 2.21 bits per heavy atom. The van der Waals surface area contributed by atoms with Gasteiger partial charge in [-0.05, 0) is 13.3 Å². The third-order valence-corrected chi connectivity index (χ3v) is 5.88. The second kappa shape index (κ2) is 5.76. The van der Waals surface area contributed by atoms with Gasteiger partial charge in [-0.25, -0.2) is 8.42 Å². The van der Waals surface area contributed by atoms with Crippen molar-refractivity contribution in [3.8, 4) is 0 Å². The number of nitrogens with one attached hydrogen (secondary N) is 1. The van der Waals surface area contributed by atoms with Gasteiger partial charge in [-0.1, -0.05) is 0 Å². The summed E-state index contributed by atoms with van der Waals surface area (Å²) in [7, 11) is -1.21. The quantitative estimate of drug-likeness (QED) is 0.716. The minimum absolute atomic E-state index is 0.0239. The van der Waals surface area contributed by atoms with Crippen molar-refractivity contribution in [3.63, 3.8) is 0 Å². The molecule has 0 radical (unpaired) electrons. The van der Waals surface area contributed by atoms with Crippen LogP contribution in [-0.4, -0.2) is 80.9 Å². The zero-order valence-corrected chi connectivity index (χ0v) is 12.4. The van der Waals surface area contributed by atoms with Gasteiger partial charge in [0.1, 0.15) is 0 Å². The molecular weight excluding hydrogens is 266 g/mol. The number of carbonyl (C=O) groups excluding carboxylic acids is 1. The number of amides is 1. The molecule has 0 aromatic rings. The van der Waals surface area contributed by atoms with Crippen LogP contribution in [-0.2, 0) is 14.6 Å². The summed E-state index contributed by atoms with van der Waals surface area (Å²) in [4.78, 5) is 16.0. The Kier molecular flexibility index (Phi) is 4.47. The van der Waals surface area contributed by atoms with Crippen LogP contribution in [0.5, 0.6) is 0 Å². The number of hydrogen-bond donors (Lipinski definition) is 1. The Morgan fingerprint density at radius 3 is 2.79 bits per heavy atom. The zero-order chi connectivity index (χ0) is 14.0. The highest BCUT2D eigenvalue weighted by atomic mass is 32.2. The van der Waals surface area contributed by atoms with Crippen molar-refractivity contribution in [1.82, 2.24) is 15.1 Å². The first kappa shape index (κ1) is 14.7. The van der Waals surface area contributed by atoms with Crippen LogP contribution in [0.1, 0.15) is 13.3 Å². The number of rotatable bonds is 3. The predicted octanol–water partition coefficient (Wildman–Crippen LogP) is -1.07. The molecule has 1 N–H and O–H groups in total. The molecule has 2 unspecified atom stereocenters. The first-order valence-corrected chi connectivity index (χ1v) is 8.62. The third-order valence-electron chi connectivity index (χ3n) is 4.13. The Morgan fingerprint density at radius 1 is 1.47 bits per heavy atom. The highest BCUT2D eigenvalue weighted by Gasteiger charge is 2.33. The summed E-state index contributed by atoms with van der Waals surface area (Å²) in [5.74, 6) is 0.349. The summed E-state index contributed by atoms with van der Waals surface area (Å²) in [6, 6.07) is 0.203. The standard InChI is InChI=1S/C12H23N3O3S/c1-10-7-13-4-5-15(10)8-12(16)14(2)11-3-6-19(17,18)9-11/h10-11,13H,3-9H2,1-2H3. The van der Waals surface area contributed by atoms with Gasteiger partial charge in [0.2, 0.25) is 5.91 Å². The highest BCUT2D eigenvalue weighted by Crippen LogP contribution is 2.17. The lowest BCUT2D eigenvalue weighted by molar-refractivity contribution is -0.133. The predicted molar refractivity (Wildman–Crippen MR) is 73.7 cm³/mol. The van der Waals surface area contributed by atoms with Crippen LogP contribution in [0.2, 0.25) is 0 Å². The first-order valence-electron chi connectivity index (χ1n) is 6.80. The summed E-state index contributed by atoms with van der Waals surface area (Å²) in [6.07, 6.45) is 0.571. The molecule has 2 rings (SSSR count). The zero-order valence-electron chi connectivity index (χ0n) is 11.6. The van der Waals surface area contributed by atoms with Crippen molar-refractivity contribution in [2.75, 3.05) is 44.7 Å². The molecule has 2 aliphatic rings. The summed E-state index contributed by atoms with van der Waals surface area (Å²) in [5.41, 5.74) is 0. The molecular formula is C12H23N3O3S. The summed E-state index contributed by atoms with van der Waals surface area (Å²) >= 11 is 0. The summed E-state index contributed by atoms with van der Waals surface area (Å²) in [5, 5.41) is 3.29. The van der Waals surface area contributed by atoms with Gasteiger partial charge in [-0.15, -0.1) is 0 Å². The van der Waals surface area contributed by atoms with Crippen LogP contribution in [0.15, 0.2) is 0 Å². The lowest BCUT2D eigenvalue weighted by atomic mass is 10.2. The molecule has 0 aromatic heterocycles. The second-order valence-electron chi connectivity index (χ2n) is 5.59. The van der Waals surface area contributed by atoms with E-state index in [0.29, 0.717) is 19.0 Å². The molecule has 1 amide bonds. The van der Waals surface area contributed by atoms with Crippen LogP contribution in [0.25, 0.3) is 0 Å². The van der Waals surface area contributed by atoms with E-state index in [2.05, 4.69) is 17.1 Å². The largest absolute Gasteiger partial charge is 0.341 e. The number of hydrogen-bond acceptors (Lipinski definition) is 5. The van der Waals surface area contributed by atoms with Gasteiger partial charge in [0.05, 0.1) is 18.1 Å². The number of carbonyl (C=O) groups is 1. The Balaban J connectivity index is 1.89. The SMILES string of the molecule is CC1CNCCN1CC(=O)N(C)C1CCS(=O)(=O)C1. The van der Waals surface area contributed by atoms with Gasteiger partial charge >= 0.3 is 0 Å². The van der Waals surface area contributed by atoms with E-state index in [1.54, 1.807) is 11.9 Å². The normalized spacial score (nSPS) is 31.3. The maximum Gasteiger partial charge on any atom is 0.236 e. The van der Waals surface area contributed by atoms with Crippen molar-refractivity contribution in [1.29, 1.82) is 0 Å². The molecule has 0 spiro atoms. The van der Waals surface area contributed by atoms with Crippen molar-refractivity contribution in [3.05, 3.63) is 0 Å². The molecule has 2 heterocycles. The van der Waals surface area contributed by atoms with E-state index < -0.39 is 9.84 Å². The lowest BCUT2D eigenvalue weighted by Gasteiger charge is -2.35. The van der Waals surface area contributed by atoms with Crippen LogP contribution in [0.4, 0.5) is 0 Å². The van der Waals surface area contributed by atoms with Crippen LogP contribution in [0, 0.1) is 0 Å². The van der Waals surface area contributed by atoms with Crippen molar-refractivity contribution in [2.45, 2.75) is 25.4 Å². The smallest absolute Gasteiger partial charge is 0.236 e. The highest BCUT2D eigenvalue weighted by molar-refractivity contribution is 7.91. The lowest BCUT2D eigenvalue weighted by Crippen LogP contribution is -2.53. The monoisotopic (exact) mass is 289 g/mol. The number of piperazine rings is 1. The fourth-order valence-electron chi connectivity index (χ4n) is 2.69. The van der Waals surface area contributed by atoms with E-state index in [-0.39, 0.29) is 23.5 Å². The second-order valence-corrected chi connectivity index (χ2v) is 7.81. The molecule has 2 aliphatic heterocycles. The number of nitrogens with zero attached hydrogens (tertiary/aromatic N) is 2. The third kappa shape index (κ3) is 3.67. The molecule has 110 valence electrons. The van der Waals surface area contributed by atoms with E-state index in [1.807, 2.05) is 0 Å². The van der Waals surface area contributed by atoms with Gasteiger partial charge in [-0.2, -0.15) is 0 Å². The van der Waals surface area contributed by atoms with Gasteiger partial charge in [-0.3, -0.25) is 9.69 Å². The number of sulfone groups is 1. The van der Waals surface area contributed by atoms with Crippen LogP contribution in [0.3, 0.4) is 0 Å². The van der Waals surface area contributed by atoms with Gasteiger partial charge in [0, 0.05) is 38.8 Å². The average molecular weight is 289 g/mol. The first-order chi connectivity index (χ1) is 8.89. The number of likely N-dealkylation sites (N-methyl/N-ethyl adjacent to an activating group) is 1. The van der Waals surface area contributed by atoms with Crippen LogP contribution >= 0.6 is 0 Å². The molecule has 0 bridgehead atoms. The van der Waals surface area contributed by atoms with Crippen molar-refractivity contribution < 1.29 is 13.2 Å². The topological polar surface area (TPSA) is 69.7 Å². The van der Waals surface area contributed by atoms with E-state index in [4.69, 9.17) is 0 Å². The summed E-state index contributed by atoms with van der Waals surface area (Å²) in [6.45, 7) is 5.15. The molecule has 0 aromatic carbocycles. The average Bonchev–Trinajstić information content (AvgIpc) is 2.71. The Labute approximate surface area is 115 Å². The van der Waals surface area contributed by atoms with E-state index in [0.717, 1.165) is 19.6 Å². The van der Waals surface area contributed by atoms with E-state index >= 15 is 0 Å². The van der Waals surface area contributed by atoms with Gasteiger partial charge < -0.3 is 10.2 Å². The van der Waals surface area contributed by atoms with Gasteiger partial charge in [0.15, 0.2) is 9.84 Å². The molecule has 0 aliphatic carbocycles. The summed E-state index contributed by atoms with van der Waals surface area (Å²) < 4.78 is 22.9. The van der Waals surface area contributed by atoms with Gasteiger partial charge in [0.25, 0.3) is 0 Å². The van der Waals surface area contributed by atoms with Crippen molar-refractivity contribution >= 4 is 15.7 Å². The molecule has 2 fully saturated rings. The minimum Gasteiger partial charge on any atom is -0.341 e. The van der Waals surface area contributed by atoms with Crippen LogP contribution < -0.4 is 5.32 Å². The Hall–Kier alpha value is -0.660. The molecule has 2 saturated heterocycles. The molecule has 7 heteroatoms. The maximum absolute atomic E-state index is 12.2.